The second-order valence-electron chi connectivity index (χ2n) is 4.13. The molecule has 0 atom stereocenters. The Hall–Kier alpha value is -1.43. The smallest absolute Gasteiger partial charge is 0.257 e. The number of hydrogen-bond acceptors (Lipinski definition) is 3. The van der Waals surface area contributed by atoms with E-state index in [1.54, 1.807) is 30.3 Å². The number of anilines is 2. The average Bonchev–Trinajstić information content (AvgIpc) is 2.48. The maximum Gasteiger partial charge on any atom is 0.257 e. The quantitative estimate of drug-likeness (QED) is 0.595. The van der Waals surface area contributed by atoms with Gasteiger partial charge in [-0.05, 0) is 46.3 Å². The number of ether oxygens (including phenoxy) is 1. The number of hydrogen-bond donors (Lipinski definition) is 2. The molecule has 0 aliphatic rings. The normalized spacial score (nSPS) is 10.3. The largest absolute Gasteiger partial charge is 0.497 e. The zero-order valence-electron chi connectivity index (χ0n) is 10.9. The summed E-state index contributed by atoms with van der Waals surface area (Å²) in [4.78, 5) is 12.3. The van der Waals surface area contributed by atoms with Crippen LogP contribution in [0.25, 0.3) is 0 Å². The van der Waals surface area contributed by atoms with Crippen LogP contribution in [-0.2, 0) is 0 Å². The Labute approximate surface area is 140 Å². The minimum absolute atomic E-state index is 0.251. The van der Waals surface area contributed by atoms with Gasteiger partial charge < -0.3 is 15.8 Å². The zero-order valence-corrected chi connectivity index (χ0v) is 14.0. The number of nitrogens with one attached hydrogen (secondary N) is 1. The number of benzene rings is 2. The minimum atomic E-state index is -0.397. The number of amides is 1. The third-order valence-electron chi connectivity index (χ3n) is 2.79. The molecule has 110 valence electrons. The van der Waals surface area contributed by atoms with Gasteiger partial charge in [-0.2, -0.15) is 0 Å². The lowest BCUT2D eigenvalue weighted by Gasteiger charge is -2.11. The summed E-state index contributed by atoms with van der Waals surface area (Å²) in [6.45, 7) is 0. The van der Waals surface area contributed by atoms with E-state index in [2.05, 4.69) is 21.2 Å². The molecular formula is C14H11BrCl2N2O2. The molecule has 0 saturated heterocycles. The topological polar surface area (TPSA) is 64.3 Å². The second-order valence-corrected chi connectivity index (χ2v) is 5.74. The van der Waals surface area contributed by atoms with E-state index in [1.807, 2.05) is 0 Å². The van der Waals surface area contributed by atoms with Gasteiger partial charge in [0, 0.05) is 10.2 Å². The second kappa shape index (κ2) is 6.56. The summed E-state index contributed by atoms with van der Waals surface area (Å²) in [5.41, 5.74) is 6.84. The predicted molar refractivity (Wildman–Crippen MR) is 89.5 cm³/mol. The van der Waals surface area contributed by atoms with Crippen molar-refractivity contribution in [2.45, 2.75) is 0 Å². The highest BCUT2D eigenvalue weighted by Crippen LogP contribution is 2.36. The molecule has 0 unspecified atom stereocenters. The Morgan fingerprint density at radius 2 is 1.95 bits per heavy atom. The van der Waals surface area contributed by atoms with E-state index in [4.69, 9.17) is 33.7 Å². The van der Waals surface area contributed by atoms with Gasteiger partial charge in [0.05, 0.1) is 28.4 Å². The molecule has 0 saturated carbocycles. The van der Waals surface area contributed by atoms with E-state index in [-0.39, 0.29) is 5.02 Å². The molecule has 2 rings (SSSR count). The molecule has 21 heavy (non-hydrogen) atoms. The highest BCUT2D eigenvalue weighted by Gasteiger charge is 2.15. The number of carbonyl (C=O) groups is 1. The highest BCUT2D eigenvalue weighted by atomic mass is 79.9. The van der Waals surface area contributed by atoms with Gasteiger partial charge in [-0.3, -0.25) is 4.79 Å². The first kappa shape index (κ1) is 15.9. The first-order chi connectivity index (χ1) is 9.93. The number of nitrogen functional groups attached to an aromatic ring is 1. The SMILES string of the molecule is COc1ccc(N)c(C(=O)Nc2ccc(Br)c(Cl)c2Cl)c1. The van der Waals surface area contributed by atoms with Crippen LogP contribution < -0.4 is 15.8 Å². The first-order valence-corrected chi connectivity index (χ1v) is 7.37. The van der Waals surface area contributed by atoms with Crippen molar-refractivity contribution >= 4 is 56.4 Å². The predicted octanol–water partition coefficient (Wildman–Crippen LogP) is 4.60. The van der Waals surface area contributed by atoms with Gasteiger partial charge in [0.25, 0.3) is 5.91 Å². The average molecular weight is 390 g/mol. The molecule has 0 fully saturated rings. The highest BCUT2D eigenvalue weighted by molar-refractivity contribution is 9.10. The van der Waals surface area contributed by atoms with Crippen LogP contribution in [-0.4, -0.2) is 13.0 Å². The van der Waals surface area contributed by atoms with Crippen molar-refractivity contribution in [3.8, 4) is 5.75 Å². The molecule has 2 aromatic carbocycles. The maximum atomic E-state index is 12.3. The van der Waals surface area contributed by atoms with Crippen LogP contribution in [0.3, 0.4) is 0 Å². The van der Waals surface area contributed by atoms with E-state index >= 15 is 0 Å². The van der Waals surface area contributed by atoms with Crippen molar-refractivity contribution in [1.82, 2.24) is 0 Å². The van der Waals surface area contributed by atoms with Crippen LogP contribution in [0.15, 0.2) is 34.8 Å². The fraction of sp³-hybridized carbons (Fsp3) is 0.0714. The third kappa shape index (κ3) is 3.43. The standard InChI is InChI=1S/C14H11BrCl2N2O2/c1-21-7-2-4-10(18)8(6-7)14(20)19-11-5-3-9(15)12(16)13(11)17/h2-6H,18H2,1H3,(H,19,20). The Balaban J connectivity index is 2.32. The van der Waals surface area contributed by atoms with Crippen LogP contribution in [0.5, 0.6) is 5.75 Å². The lowest BCUT2D eigenvalue weighted by atomic mass is 10.1. The molecule has 0 aromatic heterocycles. The minimum Gasteiger partial charge on any atom is -0.497 e. The summed E-state index contributed by atoms with van der Waals surface area (Å²) in [7, 11) is 1.51. The van der Waals surface area contributed by atoms with E-state index in [0.29, 0.717) is 32.2 Å². The van der Waals surface area contributed by atoms with Crippen molar-refractivity contribution in [2.75, 3.05) is 18.2 Å². The van der Waals surface area contributed by atoms with Gasteiger partial charge in [0.15, 0.2) is 0 Å². The maximum absolute atomic E-state index is 12.3. The van der Waals surface area contributed by atoms with E-state index in [9.17, 15) is 4.79 Å². The van der Waals surface area contributed by atoms with Gasteiger partial charge in [0.2, 0.25) is 0 Å². The molecule has 0 spiro atoms. The summed E-state index contributed by atoms with van der Waals surface area (Å²) in [6, 6.07) is 8.17. The molecule has 0 bridgehead atoms. The van der Waals surface area contributed by atoms with E-state index < -0.39 is 5.91 Å². The summed E-state index contributed by atoms with van der Waals surface area (Å²) in [5.74, 6) is 0.140. The zero-order chi connectivity index (χ0) is 15.6. The van der Waals surface area contributed by atoms with Crippen LogP contribution >= 0.6 is 39.1 Å². The lowest BCUT2D eigenvalue weighted by molar-refractivity contribution is 0.102. The Morgan fingerprint density at radius 3 is 2.62 bits per heavy atom. The van der Waals surface area contributed by atoms with Gasteiger partial charge in [-0.25, -0.2) is 0 Å². The van der Waals surface area contributed by atoms with Crippen LogP contribution in [0, 0.1) is 0 Å². The van der Waals surface area contributed by atoms with Gasteiger partial charge in [-0.1, -0.05) is 23.2 Å². The Bertz CT molecular complexity index is 708. The summed E-state index contributed by atoms with van der Waals surface area (Å²) < 4.78 is 5.73. The number of rotatable bonds is 3. The number of methoxy groups -OCH3 is 1. The molecule has 7 heteroatoms. The van der Waals surface area contributed by atoms with Crippen molar-refractivity contribution < 1.29 is 9.53 Å². The van der Waals surface area contributed by atoms with Crippen molar-refractivity contribution in [3.05, 3.63) is 50.4 Å². The van der Waals surface area contributed by atoms with Crippen LogP contribution in [0.2, 0.25) is 10.0 Å². The van der Waals surface area contributed by atoms with Crippen molar-refractivity contribution in [2.24, 2.45) is 0 Å². The van der Waals surface area contributed by atoms with Crippen molar-refractivity contribution in [1.29, 1.82) is 0 Å². The lowest BCUT2D eigenvalue weighted by Crippen LogP contribution is -2.14. The van der Waals surface area contributed by atoms with Gasteiger partial charge in [0.1, 0.15) is 5.75 Å². The molecule has 0 radical (unpaired) electrons. The monoisotopic (exact) mass is 388 g/mol. The summed E-state index contributed by atoms with van der Waals surface area (Å²) >= 11 is 15.4. The van der Waals surface area contributed by atoms with Gasteiger partial charge in [-0.15, -0.1) is 0 Å². The molecule has 0 aliphatic carbocycles. The third-order valence-corrected chi connectivity index (χ3v) is 4.56. The first-order valence-electron chi connectivity index (χ1n) is 5.82. The fourth-order valence-electron chi connectivity index (χ4n) is 1.67. The summed E-state index contributed by atoms with van der Waals surface area (Å²) in [5, 5.41) is 3.25. The van der Waals surface area contributed by atoms with Crippen LogP contribution in [0.1, 0.15) is 10.4 Å². The molecule has 4 nitrogen and oxygen atoms in total. The number of halogens is 3. The van der Waals surface area contributed by atoms with Crippen LogP contribution in [0.4, 0.5) is 11.4 Å². The molecular weight excluding hydrogens is 379 g/mol. The van der Waals surface area contributed by atoms with Gasteiger partial charge >= 0.3 is 0 Å². The molecule has 2 aromatic rings. The molecule has 0 aliphatic heterocycles. The molecule has 1 amide bonds. The fourth-order valence-corrected chi connectivity index (χ4v) is 2.49. The number of carbonyl (C=O) groups excluding carboxylic acids is 1. The molecule has 0 heterocycles. The summed E-state index contributed by atoms with van der Waals surface area (Å²) in [6.07, 6.45) is 0. The Morgan fingerprint density at radius 1 is 1.24 bits per heavy atom. The molecule has 3 N–H and O–H groups in total. The van der Waals surface area contributed by atoms with Crippen molar-refractivity contribution in [3.63, 3.8) is 0 Å². The number of nitrogens with two attached hydrogens (primary N) is 1. The Kier molecular flexibility index (Phi) is 4.98. The van der Waals surface area contributed by atoms with E-state index in [0.717, 1.165) is 0 Å². The van der Waals surface area contributed by atoms with E-state index in [1.165, 1.54) is 7.11 Å².